The number of aryl methyl sites for hydroxylation is 1. The molecule has 1 unspecified atom stereocenters. The molecule has 1 atom stereocenters. The summed E-state index contributed by atoms with van der Waals surface area (Å²) >= 11 is 0. The molecule has 182 valence electrons. The van der Waals surface area contributed by atoms with Crippen molar-refractivity contribution >= 4 is 21.7 Å². The van der Waals surface area contributed by atoms with Gasteiger partial charge in [-0.05, 0) is 54.8 Å². The molecule has 1 aliphatic rings. The van der Waals surface area contributed by atoms with Gasteiger partial charge in [0, 0.05) is 18.8 Å². The van der Waals surface area contributed by atoms with Crippen LogP contribution in [0.3, 0.4) is 0 Å². The van der Waals surface area contributed by atoms with Gasteiger partial charge >= 0.3 is 6.18 Å². The maximum Gasteiger partial charge on any atom is 0.416 e. The first-order valence-electron chi connectivity index (χ1n) is 10.7. The van der Waals surface area contributed by atoms with Crippen LogP contribution in [0.2, 0.25) is 0 Å². The second-order valence-electron chi connectivity index (χ2n) is 8.19. The topological polar surface area (TPSA) is 79.4 Å². The van der Waals surface area contributed by atoms with Gasteiger partial charge in [0.2, 0.25) is 10.0 Å². The van der Waals surface area contributed by atoms with E-state index in [0.29, 0.717) is 11.4 Å². The van der Waals surface area contributed by atoms with E-state index in [1.807, 2.05) is 0 Å². The minimum absolute atomic E-state index is 0.0656. The number of hydrogen-bond acceptors (Lipinski definition) is 4. The summed E-state index contributed by atoms with van der Waals surface area (Å²) in [5.41, 5.74) is 0.157. The first kappa shape index (κ1) is 24.6. The van der Waals surface area contributed by atoms with Gasteiger partial charge in [0.15, 0.2) is 0 Å². The predicted molar refractivity (Wildman–Crippen MR) is 125 cm³/mol. The minimum atomic E-state index is -4.69. The number of rotatable bonds is 7. The van der Waals surface area contributed by atoms with Gasteiger partial charge in [0.05, 0.1) is 16.5 Å². The van der Waals surface area contributed by atoms with Crippen LogP contribution in [0.15, 0.2) is 89.5 Å². The lowest BCUT2D eigenvalue weighted by atomic mass is 9.95. The van der Waals surface area contributed by atoms with Gasteiger partial charge < -0.3 is 0 Å². The van der Waals surface area contributed by atoms with E-state index in [1.54, 1.807) is 37.3 Å². The molecule has 3 aromatic rings. The van der Waals surface area contributed by atoms with E-state index in [1.165, 1.54) is 47.5 Å². The number of benzene rings is 2. The number of nitrogens with zero attached hydrogens (tertiary/aromatic N) is 2. The van der Waals surface area contributed by atoms with Crippen molar-refractivity contribution in [2.24, 2.45) is 0 Å². The maximum absolute atomic E-state index is 13.8. The van der Waals surface area contributed by atoms with Crippen LogP contribution < -0.4 is 9.62 Å². The number of nitrogens with one attached hydrogen (secondary N) is 1. The molecule has 0 radical (unpaired) electrons. The molecule has 1 aromatic heterocycles. The molecule has 0 aliphatic carbocycles. The van der Waals surface area contributed by atoms with Gasteiger partial charge in [-0.15, -0.1) is 0 Å². The van der Waals surface area contributed by atoms with Gasteiger partial charge in [-0.2, -0.15) is 13.2 Å². The maximum atomic E-state index is 13.8. The van der Waals surface area contributed by atoms with E-state index < -0.39 is 27.8 Å². The Morgan fingerprint density at radius 1 is 1.03 bits per heavy atom. The SMILES string of the molecule is Cc1ccc(S(=O)(=O)NC(CC2=CC(=O)N(c3ccccn3)C2)c2ccccc2C(F)(F)F)cc1. The number of carbonyl (C=O) groups is 1. The van der Waals surface area contributed by atoms with Crippen LogP contribution in [0.25, 0.3) is 0 Å². The van der Waals surface area contributed by atoms with Gasteiger partial charge in [0.1, 0.15) is 5.82 Å². The lowest BCUT2D eigenvalue weighted by Crippen LogP contribution is -2.31. The largest absolute Gasteiger partial charge is 0.416 e. The van der Waals surface area contributed by atoms with Crippen LogP contribution in [0.5, 0.6) is 0 Å². The Kier molecular flexibility index (Phi) is 6.77. The van der Waals surface area contributed by atoms with Crippen LogP contribution >= 0.6 is 0 Å². The molecule has 1 aliphatic heterocycles. The van der Waals surface area contributed by atoms with E-state index in [2.05, 4.69) is 9.71 Å². The number of amides is 1. The van der Waals surface area contributed by atoms with Crippen molar-refractivity contribution in [1.29, 1.82) is 0 Å². The third-order valence-corrected chi connectivity index (χ3v) is 7.10. The van der Waals surface area contributed by atoms with Gasteiger partial charge in [-0.1, -0.05) is 42.0 Å². The molecule has 6 nitrogen and oxygen atoms in total. The average Bonchev–Trinajstić information content (AvgIpc) is 3.18. The summed E-state index contributed by atoms with van der Waals surface area (Å²) in [6, 6.07) is 14.6. The molecule has 0 fully saturated rings. The van der Waals surface area contributed by atoms with E-state index in [9.17, 15) is 26.4 Å². The van der Waals surface area contributed by atoms with E-state index in [4.69, 9.17) is 0 Å². The molecular formula is C25H22F3N3O3S. The molecule has 0 saturated heterocycles. The smallest absolute Gasteiger partial charge is 0.289 e. The van der Waals surface area contributed by atoms with Crippen LogP contribution in [0, 0.1) is 6.92 Å². The summed E-state index contributed by atoms with van der Waals surface area (Å²) in [5, 5.41) is 0. The van der Waals surface area contributed by atoms with Crippen LogP contribution in [0.4, 0.5) is 19.0 Å². The summed E-state index contributed by atoms with van der Waals surface area (Å²) in [7, 11) is -4.16. The van der Waals surface area contributed by atoms with Crippen molar-refractivity contribution in [3.05, 3.63) is 101 Å². The van der Waals surface area contributed by atoms with Gasteiger partial charge in [0.25, 0.3) is 5.91 Å². The number of halogens is 3. The molecule has 0 spiro atoms. The van der Waals surface area contributed by atoms with E-state index in [-0.39, 0.29) is 29.3 Å². The van der Waals surface area contributed by atoms with Gasteiger partial charge in [-0.25, -0.2) is 18.1 Å². The number of sulfonamides is 1. The summed E-state index contributed by atoms with van der Waals surface area (Å²) in [5.74, 6) is 0.0270. The zero-order chi connectivity index (χ0) is 25.2. The Morgan fingerprint density at radius 3 is 2.37 bits per heavy atom. The standard InChI is InChI=1S/C25H22F3N3O3S/c1-17-9-11-19(12-10-17)35(33,34)30-22(20-6-2-3-7-21(20)25(26,27)28)14-18-15-24(32)31(16-18)23-8-4-5-13-29-23/h2-13,15,22,30H,14,16H2,1H3. The lowest BCUT2D eigenvalue weighted by molar-refractivity contribution is -0.138. The van der Waals surface area contributed by atoms with Crippen LogP contribution in [0.1, 0.15) is 29.2 Å². The summed E-state index contributed by atoms with van der Waals surface area (Å²) in [6.45, 7) is 1.88. The Labute approximate surface area is 201 Å². The third-order valence-electron chi connectivity index (χ3n) is 5.62. The fourth-order valence-corrected chi connectivity index (χ4v) is 5.13. The summed E-state index contributed by atoms with van der Waals surface area (Å²) in [4.78, 5) is 18.0. The quantitative estimate of drug-likeness (QED) is 0.505. The fourth-order valence-electron chi connectivity index (χ4n) is 3.92. The lowest BCUT2D eigenvalue weighted by Gasteiger charge is -2.24. The van der Waals surface area contributed by atoms with Crippen molar-refractivity contribution in [1.82, 2.24) is 9.71 Å². The zero-order valence-corrected chi connectivity index (χ0v) is 19.5. The normalized spacial score (nSPS) is 15.3. The van der Waals surface area contributed by atoms with Crippen molar-refractivity contribution in [3.63, 3.8) is 0 Å². The molecule has 0 saturated carbocycles. The molecule has 1 amide bonds. The summed E-state index contributed by atoms with van der Waals surface area (Å²) in [6.07, 6.45) is -1.98. The molecule has 35 heavy (non-hydrogen) atoms. The first-order valence-corrected chi connectivity index (χ1v) is 12.2. The predicted octanol–water partition coefficient (Wildman–Crippen LogP) is 4.79. The number of aromatic nitrogens is 1. The average molecular weight is 502 g/mol. The number of carbonyl (C=O) groups excluding carboxylic acids is 1. The van der Waals surface area contributed by atoms with Crippen molar-refractivity contribution in [2.45, 2.75) is 30.5 Å². The van der Waals surface area contributed by atoms with Crippen LogP contribution in [-0.4, -0.2) is 25.9 Å². The number of pyridine rings is 1. The van der Waals surface area contributed by atoms with Crippen molar-refractivity contribution < 1.29 is 26.4 Å². The van der Waals surface area contributed by atoms with Crippen LogP contribution in [-0.2, 0) is 21.0 Å². The Balaban J connectivity index is 1.69. The second kappa shape index (κ2) is 9.63. The van der Waals surface area contributed by atoms with E-state index >= 15 is 0 Å². The number of alkyl halides is 3. The Bertz CT molecular complexity index is 1360. The molecule has 2 aromatic carbocycles. The molecule has 0 bridgehead atoms. The molecule has 1 N–H and O–H groups in total. The Hall–Kier alpha value is -3.50. The third kappa shape index (κ3) is 5.60. The highest BCUT2D eigenvalue weighted by Crippen LogP contribution is 2.37. The minimum Gasteiger partial charge on any atom is -0.289 e. The van der Waals surface area contributed by atoms with Crippen molar-refractivity contribution in [2.75, 3.05) is 11.4 Å². The molecule has 2 heterocycles. The molecular weight excluding hydrogens is 479 g/mol. The molecule has 10 heteroatoms. The van der Waals surface area contributed by atoms with Gasteiger partial charge in [-0.3, -0.25) is 9.69 Å². The Morgan fingerprint density at radius 2 is 1.71 bits per heavy atom. The second-order valence-corrected chi connectivity index (χ2v) is 9.90. The highest BCUT2D eigenvalue weighted by molar-refractivity contribution is 7.89. The molecule has 4 rings (SSSR count). The van der Waals surface area contributed by atoms with Crippen molar-refractivity contribution in [3.8, 4) is 0 Å². The zero-order valence-electron chi connectivity index (χ0n) is 18.7. The monoisotopic (exact) mass is 501 g/mol. The highest BCUT2D eigenvalue weighted by atomic mass is 32.2. The summed E-state index contributed by atoms with van der Waals surface area (Å²) < 4.78 is 70.1. The van der Waals surface area contributed by atoms with E-state index in [0.717, 1.165) is 11.6 Å². The fraction of sp³-hybridized carbons (Fsp3) is 0.200. The highest BCUT2D eigenvalue weighted by Gasteiger charge is 2.37. The first-order chi connectivity index (χ1) is 16.5. The number of hydrogen-bond donors (Lipinski definition) is 1. The number of anilines is 1.